The zero-order chi connectivity index (χ0) is 22.4. The molecule has 3 N–H and O–H groups in total. The summed E-state index contributed by atoms with van der Waals surface area (Å²) in [6.45, 7) is 3.01. The minimum absolute atomic E-state index is 0.0593. The highest BCUT2D eigenvalue weighted by Crippen LogP contribution is 2.43. The van der Waals surface area contributed by atoms with Crippen molar-refractivity contribution in [2.75, 3.05) is 24.1 Å². The number of halogens is 1. The predicted octanol–water partition coefficient (Wildman–Crippen LogP) is 3.64. The maximum atomic E-state index is 12.7. The molecular weight excluding hydrogens is 440 g/mol. The smallest absolute Gasteiger partial charge is 0.343 e. The lowest BCUT2D eigenvalue weighted by atomic mass is 9.88. The molecule has 0 amide bonds. The van der Waals surface area contributed by atoms with Crippen molar-refractivity contribution >= 4 is 38.9 Å². The number of aryl methyl sites for hydroxylation is 1. The van der Waals surface area contributed by atoms with Crippen molar-refractivity contribution in [1.29, 1.82) is 0 Å². The summed E-state index contributed by atoms with van der Waals surface area (Å²) in [6, 6.07) is 10.3. The number of anilines is 1. The lowest BCUT2D eigenvalue weighted by molar-refractivity contribution is -0.148. The lowest BCUT2D eigenvalue weighted by Crippen LogP contribution is -2.47. The molecule has 31 heavy (non-hydrogen) atoms. The summed E-state index contributed by atoms with van der Waals surface area (Å²) in [5, 5.41) is 14.5. The van der Waals surface area contributed by atoms with E-state index in [0.717, 1.165) is 24.8 Å². The fourth-order valence-electron chi connectivity index (χ4n) is 4.14. The number of hydrogen-bond acceptors (Lipinski definition) is 6. The van der Waals surface area contributed by atoms with Crippen LogP contribution in [0.5, 0.6) is 0 Å². The van der Waals surface area contributed by atoms with Gasteiger partial charge in [0.25, 0.3) is 0 Å². The first-order valence-electron chi connectivity index (χ1n) is 9.86. The molecule has 1 spiro atoms. The van der Waals surface area contributed by atoms with Crippen LogP contribution in [-0.4, -0.2) is 44.4 Å². The zero-order valence-corrected chi connectivity index (χ0v) is 18.7. The van der Waals surface area contributed by atoms with E-state index >= 15 is 0 Å². The molecule has 1 fully saturated rings. The number of rotatable bonds is 4. The number of carbonyl (C=O) groups is 1. The van der Waals surface area contributed by atoms with E-state index in [1.165, 1.54) is 0 Å². The Morgan fingerprint density at radius 2 is 2.00 bits per heavy atom. The van der Waals surface area contributed by atoms with Gasteiger partial charge in [0.2, 0.25) is 10.0 Å². The van der Waals surface area contributed by atoms with Crippen LogP contribution in [-0.2, 0) is 19.6 Å². The third kappa shape index (κ3) is 4.15. The molecule has 0 aliphatic carbocycles. The van der Waals surface area contributed by atoms with Crippen LogP contribution in [0.3, 0.4) is 0 Å². The number of sulfonamides is 1. The number of nitrogens with one attached hydrogen (secondary N) is 2. The minimum Gasteiger partial charge on any atom is -0.507 e. The van der Waals surface area contributed by atoms with Gasteiger partial charge in [0.15, 0.2) is 11.4 Å². The molecule has 0 saturated carbocycles. The maximum Gasteiger partial charge on any atom is 0.343 e. The quantitative estimate of drug-likeness (QED) is 0.599. The average molecular weight is 463 g/mol. The maximum absolute atomic E-state index is 12.7. The van der Waals surface area contributed by atoms with E-state index in [0.29, 0.717) is 40.4 Å². The van der Waals surface area contributed by atoms with Crippen LogP contribution >= 0.6 is 11.6 Å². The van der Waals surface area contributed by atoms with E-state index in [9.17, 15) is 18.3 Å². The molecule has 9 heteroatoms. The predicted molar refractivity (Wildman–Crippen MR) is 121 cm³/mol. The van der Waals surface area contributed by atoms with Crippen LogP contribution < -0.4 is 10.0 Å². The summed E-state index contributed by atoms with van der Waals surface area (Å²) in [4.78, 5) is 12.7. The van der Waals surface area contributed by atoms with Crippen molar-refractivity contribution in [3.8, 4) is 11.1 Å². The second-order valence-corrected chi connectivity index (χ2v) is 10.1. The molecule has 1 atom stereocenters. The summed E-state index contributed by atoms with van der Waals surface area (Å²) in [5.41, 5.74) is 2.19. The zero-order valence-electron chi connectivity index (χ0n) is 17.2. The molecule has 0 bridgehead atoms. The number of benzene rings is 2. The first-order chi connectivity index (χ1) is 14.6. The van der Waals surface area contributed by atoms with E-state index in [2.05, 4.69) is 10.0 Å². The number of esters is 1. The van der Waals surface area contributed by atoms with E-state index in [1.54, 1.807) is 24.3 Å². The number of ether oxygens (including phenoxy) is 1. The molecule has 1 unspecified atom stereocenters. The minimum atomic E-state index is -3.41. The van der Waals surface area contributed by atoms with Gasteiger partial charge in [0.1, 0.15) is 5.57 Å². The van der Waals surface area contributed by atoms with Crippen LogP contribution in [0.25, 0.3) is 16.7 Å². The highest BCUT2D eigenvalue weighted by molar-refractivity contribution is 7.92. The van der Waals surface area contributed by atoms with Crippen LogP contribution in [0, 0.1) is 6.92 Å². The molecule has 2 aromatic carbocycles. The SMILES string of the molecule is Cc1cc(-c2cccc(NS(C)(=O)=O)c2)c(Cl)cc1C1=C(O)C2(CCCNC2)OC1=O. The summed E-state index contributed by atoms with van der Waals surface area (Å²) in [7, 11) is -3.41. The number of hydrogen-bond donors (Lipinski definition) is 3. The van der Waals surface area contributed by atoms with Crippen LogP contribution in [0.15, 0.2) is 42.2 Å². The van der Waals surface area contributed by atoms with Gasteiger partial charge in [-0.05, 0) is 67.3 Å². The van der Waals surface area contributed by atoms with Gasteiger partial charge in [-0.1, -0.05) is 23.7 Å². The molecule has 2 aromatic rings. The number of aliphatic hydroxyl groups is 1. The molecule has 0 radical (unpaired) electrons. The third-order valence-corrected chi connectivity index (χ3v) is 6.48. The van der Waals surface area contributed by atoms with Gasteiger partial charge in [-0.25, -0.2) is 13.2 Å². The van der Waals surface area contributed by atoms with Crippen LogP contribution in [0.1, 0.15) is 24.0 Å². The molecule has 164 valence electrons. The fraction of sp³-hybridized carbons (Fsp3) is 0.318. The Balaban J connectivity index is 1.75. The largest absolute Gasteiger partial charge is 0.507 e. The molecule has 7 nitrogen and oxygen atoms in total. The summed E-state index contributed by atoms with van der Waals surface area (Å²) < 4.78 is 31.1. The number of piperidine rings is 1. The van der Waals surface area contributed by atoms with Gasteiger partial charge < -0.3 is 15.2 Å². The molecule has 2 aliphatic heterocycles. The van der Waals surface area contributed by atoms with Gasteiger partial charge in [-0.15, -0.1) is 0 Å². The van der Waals surface area contributed by atoms with Crippen molar-refractivity contribution in [3.63, 3.8) is 0 Å². The van der Waals surface area contributed by atoms with E-state index in [1.807, 2.05) is 19.1 Å². The summed E-state index contributed by atoms with van der Waals surface area (Å²) in [6.07, 6.45) is 2.44. The summed E-state index contributed by atoms with van der Waals surface area (Å²) >= 11 is 6.57. The first kappa shape index (κ1) is 21.7. The monoisotopic (exact) mass is 462 g/mol. The molecule has 0 aromatic heterocycles. The highest BCUT2D eigenvalue weighted by Gasteiger charge is 2.49. The molecule has 2 heterocycles. The Morgan fingerprint density at radius 1 is 1.23 bits per heavy atom. The highest BCUT2D eigenvalue weighted by atomic mass is 35.5. The molecule has 2 aliphatic rings. The molecule has 1 saturated heterocycles. The van der Waals surface area contributed by atoms with E-state index in [4.69, 9.17) is 16.3 Å². The fourth-order valence-corrected chi connectivity index (χ4v) is 4.97. The van der Waals surface area contributed by atoms with Crippen LogP contribution in [0.4, 0.5) is 5.69 Å². The van der Waals surface area contributed by atoms with Gasteiger partial charge in [0, 0.05) is 22.8 Å². The van der Waals surface area contributed by atoms with E-state index in [-0.39, 0.29) is 11.3 Å². The molecular formula is C22H23ClN2O5S. The standard InChI is InChI=1S/C22H23ClN2O5S/c1-13-9-17(14-5-3-6-15(10-14)25-31(2,28)29)18(23)11-16(13)19-20(26)22(30-21(19)27)7-4-8-24-12-22/h3,5-6,9-11,24-26H,4,7-8,12H2,1-2H3. The normalized spacial score (nSPS) is 21.5. The van der Waals surface area contributed by atoms with Crippen molar-refractivity contribution in [2.24, 2.45) is 0 Å². The van der Waals surface area contributed by atoms with Gasteiger partial charge in [-0.3, -0.25) is 4.72 Å². The Kier molecular flexibility index (Phi) is 5.49. The van der Waals surface area contributed by atoms with E-state index < -0.39 is 21.6 Å². The van der Waals surface area contributed by atoms with Crippen LogP contribution in [0.2, 0.25) is 5.02 Å². The topological polar surface area (TPSA) is 105 Å². The van der Waals surface area contributed by atoms with Gasteiger partial charge in [-0.2, -0.15) is 0 Å². The first-order valence-corrected chi connectivity index (χ1v) is 12.1. The number of carbonyl (C=O) groups excluding carboxylic acids is 1. The Bertz CT molecular complexity index is 1200. The average Bonchev–Trinajstić information content (AvgIpc) is 2.92. The Labute approximate surface area is 186 Å². The number of aliphatic hydroxyl groups excluding tert-OH is 1. The Hall–Kier alpha value is -2.55. The third-order valence-electron chi connectivity index (χ3n) is 5.57. The Morgan fingerprint density at radius 3 is 2.68 bits per heavy atom. The van der Waals surface area contributed by atoms with Gasteiger partial charge in [0.05, 0.1) is 6.26 Å². The molecule has 4 rings (SSSR count). The second kappa shape index (κ2) is 7.85. The van der Waals surface area contributed by atoms with Crippen molar-refractivity contribution < 1.29 is 23.1 Å². The summed E-state index contributed by atoms with van der Waals surface area (Å²) in [5.74, 6) is -0.622. The van der Waals surface area contributed by atoms with Crippen molar-refractivity contribution in [3.05, 3.63) is 58.3 Å². The lowest BCUT2D eigenvalue weighted by Gasteiger charge is -2.32. The van der Waals surface area contributed by atoms with Crippen molar-refractivity contribution in [1.82, 2.24) is 5.32 Å². The van der Waals surface area contributed by atoms with Gasteiger partial charge >= 0.3 is 5.97 Å². The second-order valence-electron chi connectivity index (χ2n) is 7.99. The van der Waals surface area contributed by atoms with Crippen molar-refractivity contribution in [2.45, 2.75) is 25.4 Å².